The van der Waals surface area contributed by atoms with Crippen LogP contribution in [0, 0.1) is 11.3 Å². The first-order valence-corrected chi connectivity index (χ1v) is 7.74. The number of carbonyl (C=O) groups excluding carboxylic acids is 1. The van der Waals surface area contributed by atoms with Crippen LogP contribution in [0.2, 0.25) is 0 Å². The molecule has 0 bridgehead atoms. The Balaban J connectivity index is 1.84. The van der Waals surface area contributed by atoms with Crippen molar-refractivity contribution in [2.45, 2.75) is 6.54 Å². The zero-order valence-corrected chi connectivity index (χ0v) is 13.1. The maximum atomic E-state index is 12.3. The van der Waals surface area contributed by atoms with Crippen LogP contribution in [0.25, 0.3) is 0 Å². The fraction of sp³-hybridized carbons (Fsp3) is 0.412. The number of aliphatic hydroxyl groups excluding tert-OH is 1. The molecule has 2 rings (SSSR count). The molecule has 0 saturated carbocycles. The van der Waals surface area contributed by atoms with E-state index in [2.05, 4.69) is 22.3 Å². The molecule has 1 aliphatic rings. The van der Waals surface area contributed by atoms with E-state index < -0.39 is 0 Å². The maximum Gasteiger partial charge on any atom is 0.266 e. The summed E-state index contributed by atoms with van der Waals surface area (Å²) in [4.78, 5) is 16.3. The lowest BCUT2D eigenvalue weighted by atomic mass is 10.2. The molecule has 0 aromatic heterocycles. The Morgan fingerprint density at radius 3 is 2.57 bits per heavy atom. The first-order chi connectivity index (χ1) is 11.2. The van der Waals surface area contributed by atoms with Crippen LogP contribution in [0.3, 0.4) is 0 Å². The highest BCUT2D eigenvalue weighted by Crippen LogP contribution is 2.10. The molecule has 0 radical (unpaired) electrons. The van der Waals surface area contributed by atoms with Gasteiger partial charge in [0.1, 0.15) is 11.6 Å². The molecule has 1 aliphatic heterocycles. The van der Waals surface area contributed by atoms with Gasteiger partial charge in [-0.2, -0.15) is 5.26 Å². The summed E-state index contributed by atoms with van der Waals surface area (Å²) in [5.41, 5.74) is 1.34. The summed E-state index contributed by atoms with van der Waals surface area (Å²) in [6.07, 6.45) is 1.38. The third kappa shape index (κ3) is 5.09. The number of aliphatic hydroxyl groups is 1. The fourth-order valence-electron chi connectivity index (χ4n) is 2.50. The number of amides is 1. The molecular weight excluding hydrogens is 292 g/mol. The van der Waals surface area contributed by atoms with Crippen molar-refractivity contribution >= 4 is 5.91 Å². The van der Waals surface area contributed by atoms with Gasteiger partial charge in [-0.15, -0.1) is 0 Å². The molecule has 23 heavy (non-hydrogen) atoms. The van der Waals surface area contributed by atoms with E-state index in [1.165, 1.54) is 11.8 Å². The zero-order valence-electron chi connectivity index (χ0n) is 13.1. The van der Waals surface area contributed by atoms with Crippen LogP contribution in [0.4, 0.5) is 0 Å². The number of benzene rings is 1. The van der Waals surface area contributed by atoms with Crippen molar-refractivity contribution in [3.8, 4) is 6.07 Å². The van der Waals surface area contributed by atoms with Crippen LogP contribution in [-0.2, 0) is 11.3 Å². The van der Waals surface area contributed by atoms with E-state index in [0.29, 0.717) is 19.6 Å². The number of nitriles is 1. The van der Waals surface area contributed by atoms with Gasteiger partial charge in [0.25, 0.3) is 5.91 Å². The number of carbonyl (C=O) groups is 1. The molecule has 0 spiro atoms. The fourth-order valence-corrected chi connectivity index (χ4v) is 2.50. The Morgan fingerprint density at radius 2 is 1.96 bits per heavy atom. The number of hydrogen-bond donors (Lipinski definition) is 2. The lowest BCUT2D eigenvalue weighted by Gasteiger charge is -2.34. The van der Waals surface area contributed by atoms with Crippen molar-refractivity contribution in [3.63, 3.8) is 0 Å². The zero-order chi connectivity index (χ0) is 16.5. The van der Waals surface area contributed by atoms with Crippen LogP contribution in [0.15, 0.2) is 42.1 Å². The molecule has 1 aromatic rings. The Kier molecular flexibility index (Phi) is 6.60. The smallest absolute Gasteiger partial charge is 0.266 e. The molecule has 1 saturated heterocycles. The van der Waals surface area contributed by atoms with E-state index in [0.717, 1.165) is 19.6 Å². The second-order valence-electron chi connectivity index (χ2n) is 5.40. The lowest BCUT2D eigenvalue weighted by Crippen LogP contribution is -2.48. The number of nitrogens with one attached hydrogen (secondary N) is 1. The average molecular weight is 314 g/mol. The molecular formula is C17H22N4O2. The number of hydrogen-bond acceptors (Lipinski definition) is 5. The average Bonchev–Trinajstić information content (AvgIpc) is 2.60. The van der Waals surface area contributed by atoms with Crippen LogP contribution in [-0.4, -0.2) is 60.1 Å². The predicted molar refractivity (Wildman–Crippen MR) is 87.1 cm³/mol. The van der Waals surface area contributed by atoms with Crippen molar-refractivity contribution in [1.82, 2.24) is 15.1 Å². The van der Waals surface area contributed by atoms with Crippen molar-refractivity contribution in [3.05, 3.63) is 47.7 Å². The summed E-state index contributed by atoms with van der Waals surface area (Å²) in [6, 6.07) is 12.2. The molecule has 0 unspecified atom stereocenters. The van der Waals surface area contributed by atoms with Gasteiger partial charge in [0.2, 0.25) is 0 Å². The lowest BCUT2D eigenvalue weighted by molar-refractivity contribution is -0.128. The standard InChI is InChI=1S/C17H22N4O2/c18-12-16(13-19-6-11-22)17(23)21-9-7-20(8-10-21)14-15-4-2-1-3-5-15/h1-5,13,19,22H,6-11,14H2/b16-13-. The monoisotopic (exact) mass is 314 g/mol. The quantitative estimate of drug-likeness (QED) is 0.449. The predicted octanol–water partition coefficient (Wildman–Crippen LogP) is 0.320. The van der Waals surface area contributed by atoms with Gasteiger partial charge >= 0.3 is 0 Å². The second kappa shape index (κ2) is 8.93. The topological polar surface area (TPSA) is 79.6 Å². The third-order valence-corrected chi connectivity index (χ3v) is 3.76. The Hall–Kier alpha value is -2.36. The summed E-state index contributed by atoms with van der Waals surface area (Å²) < 4.78 is 0. The van der Waals surface area contributed by atoms with Gasteiger partial charge in [-0.3, -0.25) is 9.69 Å². The minimum atomic E-state index is -0.252. The molecule has 1 fully saturated rings. The van der Waals surface area contributed by atoms with Crippen molar-refractivity contribution in [2.24, 2.45) is 0 Å². The van der Waals surface area contributed by atoms with Gasteiger partial charge < -0.3 is 15.3 Å². The molecule has 2 N–H and O–H groups in total. The van der Waals surface area contributed by atoms with E-state index >= 15 is 0 Å². The Bertz CT molecular complexity index is 572. The van der Waals surface area contributed by atoms with E-state index in [9.17, 15) is 4.79 Å². The van der Waals surface area contributed by atoms with Gasteiger partial charge in [-0.05, 0) is 5.56 Å². The summed E-state index contributed by atoms with van der Waals surface area (Å²) in [7, 11) is 0. The minimum Gasteiger partial charge on any atom is -0.395 e. The summed E-state index contributed by atoms with van der Waals surface area (Å²) >= 11 is 0. The Labute approximate surface area is 136 Å². The highest BCUT2D eigenvalue weighted by atomic mass is 16.3. The Morgan fingerprint density at radius 1 is 1.26 bits per heavy atom. The largest absolute Gasteiger partial charge is 0.395 e. The number of piperazine rings is 1. The van der Waals surface area contributed by atoms with E-state index in [1.807, 2.05) is 24.3 Å². The highest BCUT2D eigenvalue weighted by Gasteiger charge is 2.23. The molecule has 6 nitrogen and oxygen atoms in total. The van der Waals surface area contributed by atoms with E-state index in [4.69, 9.17) is 10.4 Å². The van der Waals surface area contributed by atoms with Gasteiger partial charge in [0.15, 0.2) is 0 Å². The van der Waals surface area contributed by atoms with E-state index in [-0.39, 0.29) is 18.1 Å². The van der Waals surface area contributed by atoms with Gasteiger partial charge in [0.05, 0.1) is 6.61 Å². The van der Waals surface area contributed by atoms with Gasteiger partial charge in [-0.1, -0.05) is 30.3 Å². The summed E-state index contributed by atoms with van der Waals surface area (Å²) in [6.45, 7) is 3.98. The third-order valence-electron chi connectivity index (χ3n) is 3.76. The highest BCUT2D eigenvalue weighted by molar-refractivity contribution is 5.97. The first-order valence-electron chi connectivity index (χ1n) is 7.74. The maximum absolute atomic E-state index is 12.3. The normalized spacial score (nSPS) is 16.0. The summed E-state index contributed by atoms with van der Waals surface area (Å²) in [5, 5.41) is 20.6. The SMILES string of the molecule is N#C/C(=C/NCCO)C(=O)N1CCN(Cc2ccccc2)CC1. The number of nitrogens with zero attached hydrogens (tertiary/aromatic N) is 3. The molecule has 6 heteroatoms. The van der Waals surface area contributed by atoms with Gasteiger partial charge in [-0.25, -0.2) is 0 Å². The molecule has 1 amide bonds. The molecule has 122 valence electrons. The van der Waals surface area contributed by atoms with Crippen molar-refractivity contribution < 1.29 is 9.90 Å². The number of rotatable bonds is 6. The van der Waals surface area contributed by atoms with Crippen molar-refractivity contribution in [2.75, 3.05) is 39.3 Å². The minimum absolute atomic E-state index is 0.0401. The van der Waals surface area contributed by atoms with Crippen LogP contribution in [0.5, 0.6) is 0 Å². The van der Waals surface area contributed by atoms with Gasteiger partial charge in [0, 0.05) is 45.5 Å². The van der Waals surface area contributed by atoms with Crippen molar-refractivity contribution in [1.29, 1.82) is 5.26 Å². The van der Waals surface area contributed by atoms with Crippen LogP contribution >= 0.6 is 0 Å². The van der Waals surface area contributed by atoms with E-state index in [1.54, 1.807) is 4.90 Å². The second-order valence-corrected chi connectivity index (χ2v) is 5.40. The first kappa shape index (κ1) is 17.0. The summed E-state index contributed by atoms with van der Waals surface area (Å²) in [5.74, 6) is -0.252. The van der Waals surface area contributed by atoms with Crippen LogP contribution in [0.1, 0.15) is 5.56 Å². The molecule has 0 aliphatic carbocycles. The van der Waals surface area contributed by atoms with Crippen LogP contribution < -0.4 is 5.32 Å². The molecule has 1 heterocycles. The molecule has 1 aromatic carbocycles. The molecule has 0 atom stereocenters.